The van der Waals surface area contributed by atoms with Crippen LogP contribution in [0.3, 0.4) is 0 Å². The van der Waals surface area contributed by atoms with Crippen molar-refractivity contribution in [2.24, 2.45) is 0 Å². The Morgan fingerprint density at radius 2 is 1.78 bits per heavy atom. The molecule has 2 N–H and O–H groups in total. The number of hydrogen-bond acceptors (Lipinski definition) is 4. The van der Waals surface area contributed by atoms with Crippen LogP contribution in [0, 0.1) is 0 Å². The van der Waals surface area contributed by atoms with Crippen LogP contribution >= 0.6 is 0 Å². The monoisotopic (exact) mass is 314 g/mol. The molecule has 0 saturated heterocycles. The summed E-state index contributed by atoms with van der Waals surface area (Å²) in [6.07, 6.45) is 3.18. The number of anilines is 2. The van der Waals surface area contributed by atoms with E-state index in [1.54, 1.807) is 62.9 Å². The maximum absolute atomic E-state index is 11.8. The van der Waals surface area contributed by atoms with Crippen LogP contribution in [0.5, 0.6) is 5.75 Å². The second kappa shape index (κ2) is 7.79. The van der Waals surface area contributed by atoms with Crippen molar-refractivity contribution < 1.29 is 14.3 Å². The largest absolute Gasteiger partial charge is 0.484 e. The van der Waals surface area contributed by atoms with Crippen molar-refractivity contribution in [2.45, 2.75) is 0 Å². The van der Waals surface area contributed by atoms with Crippen LogP contribution in [-0.2, 0) is 4.79 Å². The van der Waals surface area contributed by atoms with Crippen LogP contribution in [0.15, 0.2) is 48.8 Å². The lowest BCUT2D eigenvalue weighted by Gasteiger charge is -2.12. The molecule has 0 radical (unpaired) electrons. The van der Waals surface area contributed by atoms with Gasteiger partial charge in [-0.25, -0.2) is 4.79 Å². The highest BCUT2D eigenvalue weighted by molar-refractivity contribution is 5.99. The molecule has 23 heavy (non-hydrogen) atoms. The van der Waals surface area contributed by atoms with Gasteiger partial charge in [-0.3, -0.25) is 9.78 Å². The molecule has 2 aromatic rings. The van der Waals surface area contributed by atoms with E-state index in [9.17, 15) is 9.59 Å². The lowest BCUT2D eigenvalue weighted by molar-refractivity contribution is -0.130. The summed E-state index contributed by atoms with van der Waals surface area (Å²) in [5.41, 5.74) is 1.21. The summed E-state index contributed by atoms with van der Waals surface area (Å²) in [6.45, 7) is -0.0265. The van der Waals surface area contributed by atoms with Crippen molar-refractivity contribution in [3.05, 3.63) is 48.8 Å². The first-order chi connectivity index (χ1) is 11.0. The fraction of sp³-hybridized carbons (Fsp3) is 0.188. The number of ether oxygens (including phenoxy) is 1. The van der Waals surface area contributed by atoms with Crippen LogP contribution in [0.2, 0.25) is 0 Å². The number of nitrogens with one attached hydrogen (secondary N) is 2. The quantitative estimate of drug-likeness (QED) is 0.886. The number of aromatic nitrogens is 1. The van der Waals surface area contributed by atoms with E-state index < -0.39 is 0 Å². The molecule has 2 rings (SSSR count). The first-order valence-corrected chi connectivity index (χ1v) is 6.95. The molecule has 0 unspecified atom stereocenters. The van der Waals surface area contributed by atoms with Crippen LogP contribution in [0.25, 0.3) is 0 Å². The third kappa shape index (κ3) is 5.31. The van der Waals surface area contributed by atoms with Crippen molar-refractivity contribution in [1.29, 1.82) is 0 Å². The van der Waals surface area contributed by atoms with E-state index in [1.807, 2.05) is 0 Å². The predicted octanol–water partition coefficient (Wildman–Crippen LogP) is 2.19. The number of rotatable bonds is 5. The van der Waals surface area contributed by atoms with Crippen LogP contribution in [0.1, 0.15) is 0 Å². The molecule has 0 fully saturated rings. The van der Waals surface area contributed by atoms with Gasteiger partial charge in [-0.2, -0.15) is 0 Å². The lowest BCUT2D eigenvalue weighted by Crippen LogP contribution is -2.27. The molecule has 7 nitrogen and oxygen atoms in total. The molecular weight excluding hydrogens is 296 g/mol. The molecular formula is C16H18N4O3. The van der Waals surface area contributed by atoms with E-state index in [4.69, 9.17) is 4.74 Å². The molecule has 1 heterocycles. The number of amides is 3. The number of carbonyl (C=O) groups is 2. The van der Waals surface area contributed by atoms with E-state index in [1.165, 1.54) is 4.90 Å². The summed E-state index contributed by atoms with van der Waals surface area (Å²) >= 11 is 0. The number of likely N-dealkylation sites (N-methyl/N-ethyl adjacent to an activating group) is 1. The fourth-order valence-corrected chi connectivity index (χ4v) is 1.64. The van der Waals surface area contributed by atoms with Gasteiger partial charge in [0.15, 0.2) is 6.61 Å². The molecule has 0 spiro atoms. The average Bonchev–Trinajstić information content (AvgIpc) is 2.54. The predicted molar refractivity (Wildman–Crippen MR) is 87.5 cm³/mol. The zero-order valence-corrected chi connectivity index (χ0v) is 12.9. The highest BCUT2D eigenvalue weighted by Gasteiger charge is 2.06. The topological polar surface area (TPSA) is 83.6 Å². The summed E-state index contributed by atoms with van der Waals surface area (Å²) in [5.74, 6) is 0.432. The van der Waals surface area contributed by atoms with Gasteiger partial charge < -0.3 is 20.3 Å². The minimum Gasteiger partial charge on any atom is -0.484 e. The maximum Gasteiger partial charge on any atom is 0.323 e. The highest BCUT2D eigenvalue weighted by Crippen LogP contribution is 2.16. The Bertz CT molecular complexity index is 657. The van der Waals surface area contributed by atoms with Gasteiger partial charge in [-0.15, -0.1) is 0 Å². The molecule has 3 amide bonds. The van der Waals surface area contributed by atoms with Crippen LogP contribution < -0.4 is 15.4 Å². The van der Waals surface area contributed by atoms with Gasteiger partial charge in [0, 0.05) is 26.0 Å². The lowest BCUT2D eigenvalue weighted by atomic mass is 10.3. The van der Waals surface area contributed by atoms with E-state index in [-0.39, 0.29) is 18.5 Å². The summed E-state index contributed by atoms with van der Waals surface area (Å²) in [7, 11) is 3.33. The van der Waals surface area contributed by atoms with Crippen LogP contribution in [0.4, 0.5) is 16.2 Å². The smallest absolute Gasteiger partial charge is 0.323 e. The van der Waals surface area contributed by atoms with Crippen molar-refractivity contribution in [1.82, 2.24) is 9.88 Å². The fourth-order valence-electron chi connectivity index (χ4n) is 1.64. The van der Waals surface area contributed by atoms with Crippen molar-refractivity contribution >= 4 is 23.3 Å². The minimum absolute atomic E-state index is 0.0265. The Labute approximate surface area is 134 Å². The SMILES string of the molecule is CN(C)C(=O)COc1ccc(NC(=O)Nc2cccnc2)cc1. The minimum atomic E-state index is -0.366. The first-order valence-electron chi connectivity index (χ1n) is 6.95. The molecule has 0 aliphatic carbocycles. The second-order valence-corrected chi connectivity index (χ2v) is 4.92. The number of urea groups is 1. The molecule has 0 aliphatic rings. The van der Waals surface area contributed by atoms with Crippen molar-refractivity contribution in [3.63, 3.8) is 0 Å². The number of hydrogen-bond donors (Lipinski definition) is 2. The number of pyridine rings is 1. The van der Waals surface area contributed by atoms with Gasteiger partial charge in [-0.1, -0.05) is 0 Å². The van der Waals surface area contributed by atoms with Gasteiger partial charge in [-0.05, 0) is 36.4 Å². The molecule has 7 heteroatoms. The Hall–Kier alpha value is -3.09. The van der Waals surface area contributed by atoms with Crippen LogP contribution in [-0.4, -0.2) is 42.5 Å². The summed E-state index contributed by atoms with van der Waals surface area (Å²) < 4.78 is 5.36. The Morgan fingerprint density at radius 3 is 2.39 bits per heavy atom. The second-order valence-electron chi connectivity index (χ2n) is 4.92. The Balaban J connectivity index is 1.85. The normalized spacial score (nSPS) is 9.83. The first kappa shape index (κ1) is 16.3. The zero-order valence-electron chi connectivity index (χ0n) is 12.9. The van der Waals surface area contributed by atoms with Gasteiger partial charge >= 0.3 is 6.03 Å². The Morgan fingerprint density at radius 1 is 1.09 bits per heavy atom. The Kier molecular flexibility index (Phi) is 5.51. The third-order valence-corrected chi connectivity index (χ3v) is 2.89. The maximum atomic E-state index is 11.8. The molecule has 0 atom stereocenters. The number of nitrogens with zero attached hydrogens (tertiary/aromatic N) is 2. The summed E-state index contributed by atoms with van der Waals surface area (Å²) in [6, 6.07) is 9.86. The average molecular weight is 314 g/mol. The highest BCUT2D eigenvalue weighted by atomic mass is 16.5. The van der Waals surface area contributed by atoms with Gasteiger partial charge in [0.2, 0.25) is 0 Å². The van der Waals surface area contributed by atoms with Crippen molar-refractivity contribution in [2.75, 3.05) is 31.3 Å². The van der Waals surface area contributed by atoms with E-state index in [0.717, 1.165) is 0 Å². The standard InChI is InChI=1S/C16H18N4O3/c1-20(2)15(21)11-23-14-7-5-12(6-8-14)18-16(22)19-13-4-3-9-17-10-13/h3-10H,11H2,1-2H3,(H2,18,19,22). The molecule has 120 valence electrons. The summed E-state index contributed by atoms with van der Waals surface area (Å²) in [5, 5.41) is 5.36. The van der Waals surface area contributed by atoms with Gasteiger partial charge in [0.1, 0.15) is 5.75 Å². The molecule has 0 bridgehead atoms. The molecule has 0 saturated carbocycles. The van der Waals surface area contributed by atoms with E-state index >= 15 is 0 Å². The van der Waals surface area contributed by atoms with Gasteiger partial charge in [0.05, 0.1) is 11.9 Å². The zero-order chi connectivity index (χ0) is 16.7. The van der Waals surface area contributed by atoms with E-state index in [0.29, 0.717) is 17.1 Å². The molecule has 1 aromatic carbocycles. The van der Waals surface area contributed by atoms with E-state index in [2.05, 4.69) is 15.6 Å². The number of benzene rings is 1. The number of carbonyl (C=O) groups excluding carboxylic acids is 2. The molecule has 1 aromatic heterocycles. The summed E-state index contributed by atoms with van der Waals surface area (Å²) in [4.78, 5) is 28.6. The third-order valence-electron chi connectivity index (χ3n) is 2.89. The molecule has 0 aliphatic heterocycles. The van der Waals surface area contributed by atoms with Gasteiger partial charge in [0.25, 0.3) is 5.91 Å². The van der Waals surface area contributed by atoms with Crippen molar-refractivity contribution in [3.8, 4) is 5.75 Å².